The molecule has 1 saturated heterocycles. The third-order valence-corrected chi connectivity index (χ3v) is 3.25. The van der Waals surface area contributed by atoms with Crippen molar-refractivity contribution in [2.24, 2.45) is 11.1 Å². The van der Waals surface area contributed by atoms with E-state index in [0.717, 1.165) is 19.5 Å². The van der Waals surface area contributed by atoms with Gasteiger partial charge in [-0.2, -0.15) is 0 Å². The van der Waals surface area contributed by atoms with E-state index in [9.17, 15) is 0 Å². The molecule has 1 fully saturated rings. The summed E-state index contributed by atoms with van der Waals surface area (Å²) in [5, 5.41) is 0. The van der Waals surface area contributed by atoms with E-state index in [4.69, 9.17) is 5.73 Å². The number of hydrogen-bond donors (Lipinski definition) is 1. The maximum absolute atomic E-state index is 6.09. The predicted octanol–water partition coefficient (Wildman–Crippen LogP) is 0.607. The molecule has 0 spiro atoms. The summed E-state index contributed by atoms with van der Waals surface area (Å²) < 4.78 is 0. The van der Waals surface area contributed by atoms with Gasteiger partial charge in [-0.1, -0.05) is 13.8 Å². The van der Waals surface area contributed by atoms with Crippen LogP contribution in [0.15, 0.2) is 0 Å². The lowest BCUT2D eigenvalue weighted by Crippen LogP contribution is -2.53. The van der Waals surface area contributed by atoms with Crippen molar-refractivity contribution in [3.8, 4) is 0 Å². The molecular weight excluding hydrogens is 174 g/mol. The summed E-state index contributed by atoms with van der Waals surface area (Å²) in [5.41, 5.74) is 6.38. The van der Waals surface area contributed by atoms with Crippen molar-refractivity contribution in [3.05, 3.63) is 0 Å². The smallest absolute Gasteiger partial charge is 0.0115 e. The molecule has 0 bridgehead atoms. The van der Waals surface area contributed by atoms with Gasteiger partial charge in [0.15, 0.2) is 0 Å². The quantitative estimate of drug-likeness (QED) is 0.723. The van der Waals surface area contributed by atoms with E-state index in [2.05, 4.69) is 37.7 Å². The largest absolute Gasteiger partial charge is 0.327 e. The summed E-state index contributed by atoms with van der Waals surface area (Å²) in [6.45, 7) is 9.17. The number of nitrogens with two attached hydrogens (primary N) is 1. The molecule has 1 rings (SSSR count). The second-order valence-electron chi connectivity index (χ2n) is 5.46. The molecule has 2 N–H and O–H groups in total. The second-order valence-corrected chi connectivity index (χ2v) is 5.46. The molecule has 1 aliphatic heterocycles. The highest BCUT2D eigenvalue weighted by atomic mass is 15.2. The van der Waals surface area contributed by atoms with Crippen molar-refractivity contribution in [3.63, 3.8) is 0 Å². The highest BCUT2D eigenvalue weighted by Crippen LogP contribution is 2.27. The molecule has 84 valence electrons. The maximum atomic E-state index is 6.09. The lowest BCUT2D eigenvalue weighted by atomic mass is 9.80. The first-order valence-electron chi connectivity index (χ1n) is 5.54. The van der Waals surface area contributed by atoms with Gasteiger partial charge in [0.25, 0.3) is 0 Å². The normalized spacial score (nSPS) is 28.3. The molecule has 1 heterocycles. The molecule has 3 nitrogen and oxygen atoms in total. The van der Waals surface area contributed by atoms with Crippen LogP contribution in [0.1, 0.15) is 20.3 Å². The monoisotopic (exact) mass is 199 g/mol. The number of nitrogens with zero attached hydrogens (tertiary/aromatic N) is 2. The minimum atomic E-state index is 0.282. The minimum Gasteiger partial charge on any atom is -0.327 e. The van der Waals surface area contributed by atoms with Crippen LogP contribution in [0.25, 0.3) is 0 Å². The Labute approximate surface area is 88.2 Å². The Kier molecular flexibility index (Phi) is 3.93. The zero-order valence-electron chi connectivity index (χ0n) is 10.1. The van der Waals surface area contributed by atoms with Crippen LogP contribution in [-0.2, 0) is 0 Å². The zero-order valence-corrected chi connectivity index (χ0v) is 10.1. The maximum Gasteiger partial charge on any atom is 0.0115 e. The highest BCUT2D eigenvalue weighted by molar-refractivity contribution is 4.89. The van der Waals surface area contributed by atoms with Crippen LogP contribution in [0.2, 0.25) is 0 Å². The molecule has 1 unspecified atom stereocenters. The second kappa shape index (κ2) is 4.60. The van der Waals surface area contributed by atoms with E-state index in [0.29, 0.717) is 6.04 Å². The van der Waals surface area contributed by atoms with Gasteiger partial charge < -0.3 is 15.5 Å². The van der Waals surface area contributed by atoms with Crippen molar-refractivity contribution in [1.29, 1.82) is 0 Å². The number of piperidine rings is 1. The predicted molar refractivity (Wildman–Crippen MR) is 61.4 cm³/mol. The molecule has 1 aliphatic rings. The Morgan fingerprint density at radius 1 is 1.43 bits per heavy atom. The fourth-order valence-electron chi connectivity index (χ4n) is 2.02. The molecule has 0 aliphatic carbocycles. The van der Waals surface area contributed by atoms with Crippen molar-refractivity contribution < 1.29 is 0 Å². The van der Waals surface area contributed by atoms with Crippen molar-refractivity contribution >= 4 is 0 Å². The van der Waals surface area contributed by atoms with Gasteiger partial charge in [0.1, 0.15) is 0 Å². The fraction of sp³-hybridized carbons (Fsp3) is 1.00. The first-order valence-corrected chi connectivity index (χ1v) is 5.54. The van der Waals surface area contributed by atoms with E-state index in [1.807, 2.05) is 0 Å². The number of hydrogen-bond acceptors (Lipinski definition) is 3. The first kappa shape index (κ1) is 12.0. The van der Waals surface area contributed by atoms with Crippen molar-refractivity contribution in [2.75, 3.05) is 40.3 Å². The number of likely N-dealkylation sites (N-methyl/N-ethyl adjacent to an activating group) is 1. The molecule has 0 aromatic carbocycles. The Morgan fingerprint density at radius 3 is 2.57 bits per heavy atom. The molecule has 0 saturated carbocycles. The first-order chi connectivity index (χ1) is 6.42. The topological polar surface area (TPSA) is 32.5 Å². The summed E-state index contributed by atoms with van der Waals surface area (Å²) >= 11 is 0. The summed E-state index contributed by atoms with van der Waals surface area (Å²) in [7, 11) is 4.25. The molecule has 1 atom stereocenters. The van der Waals surface area contributed by atoms with E-state index in [1.165, 1.54) is 13.1 Å². The van der Waals surface area contributed by atoms with Crippen molar-refractivity contribution in [2.45, 2.75) is 26.3 Å². The van der Waals surface area contributed by atoms with E-state index in [1.54, 1.807) is 0 Å². The van der Waals surface area contributed by atoms with Gasteiger partial charge in [-0.15, -0.1) is 0 Å². The number of likely N-dealkylation sites (tertiary alicyclic amines) is 1. The number of rotatable bonds is 3. The van der Waals surface area contributed by atoms with Crippen LogP contribution in [0.3, 0.4) is 0 Å². The van der Waals surface area contributed by atoms with Gasteiger partial charge >= 0.3 is 0 Å². The van der Waals surface area contributed by atoms with Crippen LogP contribution in [0, 0.1) is 5.41 Å². The SMILES string of the molecule is CN(C)CCN1CCC(N)C(C)(C)C1. The van der Waals surface area contributed by atoms with E-state index in [-0.39, 0.29) is 5.41 Å². The molecule has 3 heteroatoms. The lowest BCUT2D eigenvalue weighted by Gasteiger charge is -2.42. The van der Waals surface area contributed by atoms with Gasteiger partial charge in [-0.25, -0.2) is 0 Å². The summed E-state index contributed by atoms with van der Waals surface area (Å²) in [4.78, 5) is 4.77. The lowest BCUT2D eigenvalue weighted by molar-refractivity contribution is 0.0898. The van der Waals surface area contributed by atoms with Gasteiger partial charge in [0.05, 0.1) is 0 Å². The fourth-order valence-corrected chi connectivity index (χ4v) is 2.02. The molecular formula is C11H25N3. The van der Waals surface area contributed by atoms with Gasteiger partial charge in [0, 0.05) is 25.7 Å². The van der Waals surface area contributed by atoms with Crippen LogP contribution >= 0.6 is 0 Å². The van der Waals surface area contributed by atoms with E-state index >= 15 is 0 Å². The average molecular weight is 199 g/mol. The average Bonchev–Trinajstić information content (AvgIpc) is 2.07. The molecule has 0 amide bonds. The third-order valence-electron chi connectivity index (χ3n) is 3.25. The van der Waals surface area contributed by atoms with Crippen LogP contribution in [0.4, 0.5) is 0 Å². The summed E-state index contributed by atoms with van der Waals surface area (Å²) in [6.07, 6.45) is 1.14. The van der Waals surface area contributed by atoms with Gasteiger partial charge in [-0.05, 0) is 32.5 Å². The minimum absolute atomic E-state index is 0.282. The van der Waals surface area contributed by atoms with Crippen molar-refractivity contribution in [1.82, 2.24) is 9.80 Å². The molecule has 0 aromatic rings. The Hall–Kier alpha value is -0.120. The Balaban J connectivity index is 2.36. The van der Waals surface area contributed by atoms with Gasteiger partial charge in [-0.3, -0.25) is 0 Å². The van der Waals surface area contributed by atoms with Crippen LogP contribution < -0.4 is 5.73 Å². The Morgan fingerprint density at radius 2 is 2.07 bits per heavy atom. The van der Waals surface area contributed by atoms with Crippen LogP contribution in [0.5, 0.6) is 0 Å². The standard InChI is InChI=1S/C11H25N3/c1-11(2)9-14(6-5-10(11)12)8-7-13(3)4/h10H,5-9,12H2,1-4H3. The van der Waals surface area contributed by atoms with E-state index < -0.39 is 0 Å². The molecule has 14 heavy (non-hydrogen) atoms. The zero-order chi connectivity index (χ0) is 10.8. The third kappa shape index (κ3) is 3.23. The Bertz CT molecular complexity index is 177. The summed E-state index contributed by atoms with van der Waals surface area (Å²) in [5.74, 6) is 0. The van der Waals surface area contributed by atoms with Gasteiger partial charge in [0.2, 0.25) is 0 Å². The molecule has 0 radical (unpaired) electrons. The highest BCUT2D eigenvalue weighted by Gasteiger charge is 2.32. The summed E-state index contributed by atoms with van der Waals surface area (Å²) in [6, 6.07) is 0.373. The van der Waals surface area contributed by atoms with Crippen LogP contribution in [-0.4, -0.2) is 56.1 Å². The molecule has 0 aromatic heterocycles.